The van der Waals surface area contributed by atoms with E-state index >= 15 is 0 Å². The maximum Gasteiger partial charge on any atom is 0.255 e. The van der Waals surface area contributed by atoms with E-state index in [1.54, 1.807) is 0 Å². The maximum absolute atomic E-state index is 12.0. The zero-order chi connectivity index (χ0) is 13.7. The summed E-state index contributed by atoms with van der Waals surface area (Å²) in [7, 11) is 1.91. The van der Waals surface area contributed by atoms with Crippen molar-refractivity contribution < 1.29 is 14.3 Å². The van der Waals surface area contributed by atoms with E-state index in [-0.39, 0.29) is 11.9 Å². The molecule has 0 saturated carbocycles. The van der Waals surface area contributed by atoms with Crippen molar-refractivity contribution in [3.8, 4) is 0 Å². The first kappa shape index (κ1) is 14.0. The van der Waals surface area contributed by atoms with Crippen LogP contribution < -0.4 is 10.6 Å². The highest BCUT2D eigenvalue weighted by atomic mass is 16.6. The van der Waals surface area contributed by atoms with Crippen LogP contribution in [-0.2, 0) is 14.3 Å². The van der Waals surface area contributed by atoms with Crippen molar-refractivity contribution >= 4 is 11.6 Å². The van der Waals surface area contributed by atoms with Crippen LogP contribution in [0.4, 0.5) is 5.69 Å². The number of anilines is 1. The number of nitrogens with one attached hydrogen (secondary N) is 2. The van der Waals surface area contributed by atoms with Gasteiger partial charge in [0.2, 0.25) is 0 Å². The molecule has 2 atom stereocenters. The van der Waals surface area contributed by atoms with E-state index in [2.05, 4.69) is 17.6 Å². The van der Waals surface area contributed by atoms with Gasteiger partial charge in [-0.3, -0.25) is 4.79 Å². The van der Waals surface area contributed by atoms with Crippen LogP contribution in [-0.4, -0.2) is 38.9 Å². The molecule has 1 aliphatic rings. The average Bonchev–Trinajstić information content (AvgIpc) is 2.47. The summed E-state index contributed by atoms with van der Waals surface area (Å²) in [5.41, 5.74) is 1.90. The Morgan fingerprint density at radius 3 is 2.95 bits per heavy atom. The molecule has 1 aromatic rings. The molecule has 1 aliphatic heterocycles. The molecule has 0 bridgehead atoms. The van der Waals surface area contributed by atoms with E-state index in [1.165, 1.54) is 0 Å². The Labute approximate surface area is 113 Å². The molecule has 1 heterocycles. The molecule has 2 N–H and O–H groups in total. The lowest BCUT2D eigenvalue weighted by Crippen LogP contribution is -2.39. The largest absolute Gasteiger partial charge is 0.376 e. The number of amides is 1. The number of hydrogen-bond acceptors (Lipinski definition) is 4. The minimum absolute atomic E-state index is 0.158. The molecule has 2 rings (SSSR count). The highest BCUT2D eigenvalue weighted by molar-refractivity contribution is 5.94. The van der Waals surface area contributed by atoms with Crippen molar-refractivity contribution in [3.63, 3.8) is 0 Å². The highest BCUT2D eigenvalue weighted by Gasteiger charge is 2.22. The highest BCUT2D eigenvalue weighted by Crippen LogP contribution is 2.17. The fourth-order valence-corrected chi connectivity index (χ4v) is 1.91. The second-order valence-corrected chi connectivity index (χ2v) is 4.56. The van der Waals surface area contributed by atoms with Crippen molar-refractivity contribution in [1.82, 2.24) is 5.32 Å². The van der Waals surface area contributed by atoms with Crippen LogP contribution in [0.3, 0.4) is 0 Å². The van der Waals surface area contributed by atoms with E-state index in [1.807, 2.05) is 31.3 Å². The lowest BCUT2D eigenvalue weighted by Gasteiger charge is -2.22. The van der Waals surface area contributed by atoms with E-state index in [0.29, 0.717) is 19.8 Å². The van der Waals surface area contributed by atoms with Crippen LogP contribution in [0.1, 0.15) is 18.5 Å². The van der Waals surface area contributed by atoms with E-state index in [0.717, 1.165) is 11.3 Å². The molecule has 0 spiro atoms. The van der Waals surface area contributed by atoms with Gasteiger partial charge in [0.15, 0.2) is 6.10 Å². The molecule has 1 saturated heterocycles. The van der Waals surface area contributed by atoms with Crippen molar-refractivity contribution in [2.24, 2.45) is 0 Å². The lowest BCUT2D eigenvalue weighted by molar-refractivity contribution is -0.142. The van der Waals surface area contributed by atoms with Crippen LogP contribution in [0.2, 0.25) is 0 Å². The van der Waals surface area contributed by atoms with Crippen LogP contribution in [0.15, 0.2) is 24.3 Å². The van der Waals surface area contributed by atoms with Gasteiger partial charge in [0.1, 0.15) is 0 Å². The molecular weight excluding hydrogens is 244 g/mol. The van der Waals surface area contributed by atoms with Crippen LogP contribution in [0.25, 0.3) is 0 Å². The topological polar surface area (TPSA) is 59.6 Å². The van der Waals surface area contributed by atoms with Gasteiger partial charge in [-0.25, -0.2) is 0 Å². The van der Waals surface area contributed by atoms with Crippen molar-refractivity contribution in [1.29, 1.82) is 0 Å². The third kappa shape index (κ3) is 3.76. The number of hydrogen-bond donors (Lipinski definition) is 2. The maximum atomic E-state index is 12.0. The van der Waals surface area contributed by atoms with Gasteiger partial charge in [0.05, 0.1) is 19.8 Å². The second-order valence-electron chi connectivity index (χ2n) is 4.56. The van der Waals surface area contributed by atoms with Gasteiger partial charge < -0.3 is 20.1 Å². The molecule has 5 heteroatoms. The molecule has 0 aliphatic carbocycles. The molecular formula is C14H20N2O3. The molecule has 0 radical (unpaired) electrons. The number of carbonyl (C=O) groups is 1. The zero-order valence-electron chi connectivity index (χ0n) is 11.3. The number of rotatable bonds is 4. The van der Waals surface area contributed by atoms with Crippen LogP contribution >= 0.6 is 0 Å². The summed E-state index contributed by atoms with van der Waals surface area (Å²) in [5, 5.41) is 6.03. The zero-order valence-corrected chi connectivity index (χ0v) is 11.3. The summed E-state index contributed by atoms with van der Waals surface area (Å²) in [6.45, 7) is 3.41. The SMILES string of the molecule is CNC(C)c1cccc(NC(=O)C2COCCO2)c1. The van der Waals surface area contributed by atoms with E-state index in [9.17, 15) is 4.79 Å². The molecule has 2 unspecified atom stereocenters. The molecule has 0 aromatic heterocycles. The number of benzene rings is 1. The van der Waals surface area contributed by atoms with Crippen molar-refractivity contribution in [3.05, 3.63) is 29.8 Å². The third-order valence-corrected chi connectivity index (χ3v) is 3.20. The first-order valence-electron chi connectivity index (χ1n) is 6.48. The van der Waals surface area contributed by atoms with Gasteiger partial charge in [0, 0.05) is 11.7 Å². The summed E-state index contributed by atoms with van der Waals surface area (Å²) in [6.07, 6.45) is -0.515. The summed E-state index contributed by atoms with van der Waals surface area (Å²) in [6, 6.07) is 8.02. The first-order chi connectivity index (χ1) is 9.20. The molecule has 1 amide bonds. The van der Waals surface area contributed by atoms with Gasteiger partial charge in [-0.05, 0) is 31.7 Å². The minimum atomic E-state index is -0.515. The predicted octanol–water partition coefficient (Wildman–Crippen LogP) is 1.32. The Morgan fingerprint density at radius 2 is 2.26 bits per heavy atom. The fraction of sp³-hybridized carbons (Fsp3) is 0.500. The average molecular weight is 264 g/mol. The standard InChI is InChI=1S/C14H20N2O3/c1-10(15-2)11-4-3-5-12(8-11)16-14(17)13-9-18-6-7-19-13/h3-5,8,10,13,15H,6-7,9H2,1-2H3,(H,16,17). The molecule has 5 nitrogen and oxygen atoms in total. The Morgan fingerprint density at radius 1 is 1.42 bits per heavy atom. The summed E-state index contributed by atoms with van der Waals surface area (Å²) in [5.74, 6) is -0.158. The molecule has 1 aromatic carbocycles. The predicted molar refractivity (Wildman–Crippen MR) is 73.1 cm³/mol. The van der Waals surface area contributed by atoms with Crippen LogP contribution in [0.5, 0.6) is 0 Å². The molecule has 19 heavy (non-hydrogen) atoms. The van der Waals surface area contributed by atoms with Gasteiger partial charge in [-0.15, -0.1) is 0 Å². The molecule has 104 valence electrons. The quantitative estimate of drug-likeness (QED) is 0.861. The summed E-state index contributed by atoms with van der Waals surface area (Å²) < 4.78 is 10.6. The smallest absolute Gasteiger partial charge is 0.255 e. The first-order valence-corrected chi connectivity index (χ1v) is 6.48. The number of carbonyl (C=O) groups excluding carboxylic acids is 1. The number of ether oxygens (including phenoxy) is 2. The Hall–Kier alpha value is -1.43. The van der Waals surface area contributed by atoms with Gasteiger partial charge in [0.25, 0.3) is 5.91 Å². The van der Waals surface area contributed by atoms with Crippen LogP contribution in [0, 0.1) is 0 Å². The summed E-state index contributed by atoms with van der Waals surface area (Å²) in [4.78, 5) is 12.0. The Bertz CT molecular complexity index is 430. The van der Waals surface area contributed by atoms with E-state index < -0.39 is 6.10 Å². The van der Waals surface area contributed by atoms with E-state index in [4.69, 9.17) is 9.47 Å². The minimum Gasteiger partial charge on any atom is -0.376 e. The van der Waals surface area contributed by atoms with Gasteiger partial charge in [-0.2, -0.15) is 0 Å². The second kappa shape index (κ2) is 6.65. The van der Waals surface area contributed by atoms with Crippen molar-refractivity contribution in [2.75, 3.05) is 32.2 Å². The monoisotopic (exact) mass is 264 g/mol. The normalized spacial score (nSPS) is 20.8. The van der Waals surface area contributed by atoms with Gasteiger partial charge in [-0.1, -0.05) is 12.1 Å². The summed E-state index contributed by atoms with van der Waals surface area (Å²) >= 11 is 0. The molecule has 1 fully saturated rings. The Balaban J connectivity index is 2.00. The van der Waals surface area contributed by atoms with Crippen molar-refractivity contribution in [2.45, 2.75) is 19.1 Å². The van der Waals surface area contributed by atoms with Gasteiger partial charge >= 0.3 is 0 Å². The Kier molecular flexibility index (Phi) is 4.90. The lowest BCUT2D eigenvalue weighted by atomic mass is 10.1. The third-order valence-electron chi connectivity index (χ3n) is 3.20. The fourth-order valence-electron chi connectivity index (χ4n) is 1.91.